The molecule has 0 spiro atoms. The normalized spacial score (nSPS) is 24.4. The first kappa shape index (κ1) is 13.0. The first-order valence-electron chi connectivity index (χ1n) is 6.64. The van der Waals surface area contributed by atoms with Gasteiger partial charge in [-0.1, -0.05) is 58.3 Å². The minimum atomic E-state index is 0.176. The monoisotopic (exact) mass is 214 g/mol. The minimum Gasteiger partial charge on any atom is -0.394 e. The van der Waals surface area contributed by atoms with Crippen LogP contribution in [0.4, 0.5) is 0 Å². The molecular weight excluding hydrogens is 188 g/mol. The highest BCUT2D eigenvalue weighted by Gasteiger charge is 2.36. The summed E-state index contributed by atoms with van der Waals surface area (Å²) in [5.41, 5.74) is 0. The Balaban J connectivity index is 1.71. The van der Waals surface area contributed by atoms with Gasteiger partial charge in [-0.25, -0.2) is 0 Å². The zero-order valence-electron chi connectivity index (χ0n) is 10.1. The Morgan fingerprint density at radius 2 is 1.47 bits per heavy atom. The summed E-state index contributed by atoms with van der Waals surface area (Å²) in [6, 6.07) is 0. The summed E-state index contributed by atoms with van der Waals surface area (Å²) >= 11 is 0. The molecule has 2 atom stereocenters. The summed E-state index contributed by atoms with van der Waals surface area (Å²) in [6.45, 7) is 2.47. The SMILES string of the molecule is CCCCCCCCCC[C@H]1O[C@@H]1CO. The predicted octanol–water partition coefficient (Wildman–Crippen LogP) is 3.28. The van der Waals surface area contributed by atoms with E-state index in [2.05, 4.69) is 6.92 Å². The van der Waals surface area contributed by atoms with Gasteiger partial charge in [-0.15, -0.1) is 0 Å². The average Bonchev–Trinajstić information content (AvgIpc) is 3.01. The van der Waals surface area contributed by atoms with Crippen LogP contribution in [0.25, 0.3) is 0 Å². The van der Waals surface area contributed by atoms with Crippen molar-refractivity contribution in [1.82, 2.24) is 0 Å². The Kier molecular flexibility index (Phi) is 7.03. The van der Waals surface area contributed by atoms with Gasteiger partial charge < -0.3 is 9.84 Å². The standard InChI is InChI=1S/C13H26O2/c1-2-3-4-5-6-7-8-9-10-12-13(11-14)15-12/h12-14H,2-11H2,1H3/t12-,13-/m1/s1. The summed E-state index contributed by atoms with van der Waals surface area (Å²) in [7, 11) is 0. The second-order valence-electron chi connectivity index (χ2n) is 4.66. The summed E-state index contributed by atoms with van der Waals surface area (Å²) in [4.78, 5) is 0. The van der Waals surface area contributed by atoms with Gasteiger partial charge in [-0.2, -0.15) is 0 Å². The lowest BCUT2D eigenvalue weighted by molar-refractivity contribution is 0.241. The van der Waals surface area contributed by atoms with Crippen molar-refractivity contribution in [1.29, 1.82) is 0 Å². The summed E-state index contributed by atoms with van der Waals surface area (Å²) in [5.74, 6) is 0. The van der Waals surface area contributed by atoms with E-state index in [1.165, 1.54) is 51.4 Å². The molecule has 1 heterocycles. The van der Waals surface area contributed by atoms with E-state index in [0.29, 0.717) is 6.10 Å². The molecule has 0 unspecified atom stereocenters. The predicted molar refractivity (Wildman–Crippen MR) is 63.0 cm³/mol. The van der Waals surface area contributed by atoms with Gasteiger partial charge in [0.15, 0.2) is 0 Å². The average molecular weight is 214 g/mol. The van der Waals surface area contributed by atoms with Gasteiger partial charge in [-0.3, -0.25) is 0 Å². The van der Waals surface area contributed by atoms with E-state index in [9.17, 15) is 0 Å². The Morgan fingerprint density at radius 3 is 2.00 bits per heavy atom. The van der Waals surface area contributed by atoms with Crippen molar-refractivity contribution in [3.63, 3.8) is 0 Å². The van der Waals surface area contributed by atoms with Crippen LogP contribution in [0.1, 0.15) is 64.7 Å². The third-order valence-corrected chi connectivity index (χ3v) is 3.21. The molecule has 0 aliphatic carbocycles. The number of hydrogen-bond acceptors (Lipinski definition) is 2. The van der Waals surface area contributed by atoms with Crippen molar-refractivity contribution >= 4 is 0 Å². The van der Waals surface area contributed by atoms with Gasteiger partial charge >= 0.3 is 0 Å². The Bertz CT molecular complexity index is 147. The molecular formula is C13H26O2. The molecule has 2 heteroatoms. The molecule has 1 aliphatic heterocycles. The number of unbranched alkanes of at least 4 members (excludes halogenated alkanes) is 7. The second-order valence-corrected chi connectivity index (χ2v) is 4.66. The summed E-state index contributed by atoms with van der Waals surface area (Å²) in [6.07, 6.45) is 12.6. The fourth-order valence-corrected chi connectivity index (χ4v) is 2.07. The van der Waals surface area contributed by atoms with E-state index in [0.717, 1.165) is 6.42 Å². The fourth-order valence-electron chi connectivity index (χ4n) is 2.07. The lowest BCUT2D eigenvalue weighted by Crippen LogP contribution is -1.98. The molecule has 0 aromatic rings. The smallest absolute Gasteiger partial charge is 0.107 e. The van der Waals surface area contributed by atoms with Crippen LogP contribution in [0.2, 0.25) is 0 Å². The van der Waals surface area contributed by atoms with Crippen LogP contribution >= 0.6 is 0 Å². The van der Waals surface area contributed by atoms with Crippen LogP contribution in [0.3, 0.4) is 0 Å². The van der Waals surface area contributed by atoms with E-state index in [1.54, 1.807) is 0 Å². The molecule has 0 aromatic carbocycles. The number of ether oxygens (including phenoxy) is 1. The Morgan fingerprint density at radius 1 is 0.867 bits per heavy atom. The highest BCUT2D eigenvalue weighted by Crippen LogP contribution is 2.26. The molecule has 0 aromatic heterocycles. The van der Waals surface area contributed by atoms with Crippen molar-refractivity contribution in [2.45, 2.75) is 76.9 Å². The third kappa shape index (κ3) is 6.16. The number of epoxide rings is 1. The van der Waals surface area contributed by atoms with Gasteiger partial charge in [0.05, 0.1) is 12.7 Å². The molecule has 1 aliphatic rings. The molecule has 0 amide bonds. The van der Waals surface area contributed by atoms with E-state index in [1.807, 2.05) is 0 Å². The Hall–Kier alpha value is -0.0800. The zero-order chi connectivity index (χ0) is 10.9. The quantitative estimate of drug-likeness (QED) is 0.447. The van der Waals surface area contributed by atoms with Crippen molar-refractivity contribution in [3.8, 4) is 0 Å². The van der Waals surface area contributed by atoms with Crippen LogP contribution in [0, 0.1) is 0 Å². The number of hydrogen-bond donors (Lipinski definition) is 1. The highest BCUT2D eigenvalue weighted by atomic mass is 16.6. The fraction of sp³-hybridized carbons (Fsp3) is 1.00. The van der Waals surface area contributed by atoms with Gasteiger partial charge in [0, 0.05) is 0 Å². The van der Waals surface area contributed by atoms with Crippen molar-refractivity contribution < 1.29 is 9.84 Å². The van der Waals surface area contributed by atoms with Gasteiger partial charge in [0.25, 0.3) is 0 Å². The molecule has 1 saturated heterocycles. The van der Waals surface area contributed by atoms with Crippen molar-refractivity contribution in [3.05, 3.63) is 0 Å². The van der Waals surface area contributed by atoms with Crippen LogP contribution in [-0.2, 0) is 4.74 Å². The maximum atomic E-state index is 8.77. The van der Waals surface area contributed by atoms with E-state index in [4.69, 9.17) is 9.84 Å². The maximum Gasteiger partial charge on any atom is 0.107 e. The number of aliphatic hydroxyl groups excluding tert-OH is 1. The molecule has 0 radical (unpaired) electrons. The molecule has 0 bridgehead atoms. The molecule has 1 fully saturated rings. The van der Waals surface area contributed by atoms with Crippen LogP contribution in [0.5, 0.6) is 0 Å². The number of aliphatic hydroxyl groups is 1. The minimum absolute atomic E-state index is 0.176. The van der Waals surface area contributed by atoms with E-state index < -0.39 is 0 Å². The molecule has 1 N–H and O–H groups in total. The zero-order valence-corrected chi connectivity index (χ0v) is 10.1. The lowest BCUT2D eigenvalue weighted by atomic mass is 10.1. The van der Waals surface area contributed by atoms with Gasteiger partial charge in [-0.05, 0) is 6.42 Å². The maximum absolute atomic E-state index is 8.77. The van der Waals surface area contributed by atoms with E-state index in [-0.39, 0.29) is 12.7 Å². The molecule has 2 nitrogen and oxygen atoms in total. The summed E-state index contributed by atoms with van der Waals surface area (Å²) < 4.78 is 5.28. The highest BCUT2D eigenvalue weighted by molar-refractivity contribution is 4.83. The topological polar surface area (TPSA) is 32.8 Å². The van der Waals surface area contributed by atoms with Crippen LogP contribution < -0.4 is 0 Å². The third-order valence-electron chi connectivity index (χ3n) is 3.21. The van der Waals surface area contributed by atoms with Gasteiger partial charge in [0.2, 0.25) is 0 Å². The second kappa shape index (κ2) is 8.12. The molecule has 90 valence electrons. The number of rotatable bonds is 10. The van der Waals surface area contributed by atoms with Crippen molar-refractivity contribution in [2.75, 3.05) is 6.61 Å². The largest absolute Gasteiger partial charge is 0.394 e. The first-order valence-corrected chi connectivity index (χ1v) is 6.64. The summed E-state index contributed by atoms with van der Waals surface area (Å²) in [5, 5.41) is 8.77. The van der Waals surface area contributed by atoms with Crippen LogP contribution in [-0.4, -0.2) is 23.9 Å². The van der Waals surface area contributed by atoms with Crippen molar-refractivity contribution in [2.24, 2.45) is 0 Å². The molecule has 1 rings (SSSR count). The molecule has 0 saturated carbocycles. The van der Waals surface area contributed by atoms with E-state index >= 15 is 0 Å². The van der Waals surface area contributed by atoms with Crippen LogP contribution in [0.15, 0.2) is 0 Å². The first-order chi connectivity index (χ1) is 7.38. The van der Waals surface area contributed by atoms with Gasteiger partial charge in [0.1, 0.15) is 6.10 Å². The lowest BCUT2D eigenvalue weighted by Gasteiger charge is -2.00. The Labute approximate surface area is 94.0 Å². The molecule has 15 heavy (non-hydrogen) atoms.